The molecule has 0 amide bonds. The number of aryl methyl sites for hydroxylation is 1. The van der Waals surface area contributed by atoms with Crippen molar-refractivity contribution in [1.82, 2.24) is 0 Å². The SMILES string of the molecule is CCCC(C)CC(N)c1cc(C)ccc1Br. The molecule has 90 valence electrons. The van der Waals surface area contributed by atoms with Crippen LogP contribution in [0.4, 0.5) is 0 Å². The maximum atomic E-state index is 6.27. The lowest BCUT2D eigenvalue weighted by Gasteiger charge is -2.18. The van der Waals surface area contributed by atoms with Crippen LogP contribution in [0.3, 0.4) is 0 Å². The lowest BCUT2D eigenvalue weighted by molar-refractivity contribution is 0.439. The Morgan fingerprint density at radius 3 is 2.69 bits per heavy atom. The van der Waals surface area contributed by atoms with Gasteiger partial charge >= 0.3 is 0 Å². The Bertz CT molecular complexity index is 336. The summed E-state index contributed by atoms with van der Waals surface area (Å²) in [7, 11) is 0. The van der Waals surface area contributed by atoms with E-state index in [0.29, 0.717) is 5.92 Å². The van der Waals surface area contributed by atoms with Crippen LogP contribution in [0.15, 0.2) is 22.7 Å². The lowest BCUT2D eigenvalue weighted by atomic mass is 9.93. The van der Waals surface area contributed by atoms with Crippen molar-refractivity contribution in [3.63, 3.8) is 0 Å². The number of benzene rings is 1. The number of halogens is 1. The highest BCUT2D eigenvalue weighted by molar-refractivity contribution is 9.10. The number of hydrogen-bond acceptors (Lipinski definition) is 1. The Kier molecular flexibility index (Phi) is 5.50. The first-order valence-electron chi connectivity index (χ1n) is 6.06. The molecule has 0 aliphatic heterocycles. The molecule has 0 aliphatic rings. The van der Waals surface area contributed by atoms with Crippen molar-refractivity contribution in [1.29, 1.82) is 0 Å². The molecule has 0 saturated carbocycles. The van der Waals surface area contributed by atoms with E-state index in [0.717, 1.165) is 10.9 Å². The summed E-state index contributed by atoms with van der Waals surface area (Å²) in [5, 5.41) is 0. The summed E-state index contributed by atoms with van der Waals surface area (Å²) in [6, 6.07) is 6.54. The van der Waals surface area contributed by atoms with Crippen molar-refractivity contribution in [3.8, 4) is 0 Å². The van der Waals surface area contributed by atoms with Crippen molar-refractivity contribution < 1.29 is 0 Å². The molecule has 1 aromatic rings. The van der Waals surface area contributed by atoms with E-state index in [1.165, 1.54) is 24.0 Å². The third-order valence-corrected chi connectivity index (χ3v) is 3.71. The molecular weight excluding hydrogens is 262 g/mol. The second-order valence-corrected chi connectivity index (χ2v) is 5.62. The topological polar surface area (TPSA) is 26.0 Å². The summed E-state index contributed by atoms with van der Waals surface area (Å²) in [5.74, 6) is 0.701. The van der Waals surface area contributed by atoms with Crippen LogP contribution in [0.2, 0.25) is 0 Å². The quantitative estimate of drug-likeness (QED) is 0.841. The smallest absolute Gasteiger partial charge is 0.0308 e. The van der Waals surface area contributed by atoms with Gasteiger partial charge in [0.1, 0.15) is 0 Å². The minimum absolute atomic E-state index is 0.149. The number of nitrogens with two attached hydrogens (primary N) is 1. The van der Waals surface area contributed by atoms with Crippen molar-refractivity contribution in [3.05, 3.63) is 33.8 Å². The summed E-state index contributed by atoms with van der Waals surface area (Å²) in [4.78, 5) is 0. The molecule has 0 heterocycles. The van der Waals surface area contributed by atoms with Gasteiger partial charge in [0.05, 0.1) is 0 Å². The molecular formula is C14H22BrN. The summed E-state index contributed by atoms with van der Waals surface area (Å²) in [6.45, 7) is 6.62. The number of hydrogen-bond donors (Lipinski definition) is 1. The van der Waals surface area contributed by atoms with Crippen LogP contribution in [-0.2, 0) is 0 Å². The Morgan fingerprint density at radius 2 is 2.06 bits per heavy atom. The monoisotopic (exact) mass is 283 g/mol. The van der Waals surface area contributed by atoms with Crippen molar-refractivity contribution in [2.24, 2.45) is 11.7 Å². The maximum Gasteiger partial charge on any atom is 0.0308 e. The molecule has 0 aliphatic carbocycles. The van der Waals surface area contributed by atoms with Crippen molar-refractivity contribution in [2.45, 2.75) is 46.1 Å². The highest BCUT2D eigenvalue weighted by atomic mass is 79.9. The van der Waals surface area contributed by atoms with E-state index < -0.39 is 0 Å². The Hall–Kier alpha value is -0.340. The van der Waals surface area contributed by atoms with Gasteiger partial charge in [-0.25, -0.2) is 0 Å². The second-order valence-electron chi connectivity index (χ2n) is 4.76. The van der Waals surface area contributed by atoms with Crippen LogP contribution in [-0.4, -0.2) is 0 Å². The molecule has 2 unspecified atom stereocenters. The van der Waals surface area contributed by atoms with Crippen LogP contribution >= 0.6 is 15.9 Å². The summed E-state index contributed by atoms with van der Waals surface area (Å²) >= 11 is 3.58. The molecule has 0 bridgehead atoms. The molecule has 16 heavy (non-hydrogen) atoms. The minimum Gasteiger partial charge on any atom is -0.324 e. The van der Waals surface area contributed by atoms with E-state index >= 15 is 0 Å². The van der Waals surface area contributed by atoms with Crippen LogP contribution in [0.1, 0.15) is 50.3 Å². The first kappa shape index (κ1) is 13.7. The van der Waals surface area contributed by atoms with Gasteiger partial charge in [-0.2, -0.15) is 0 Å². The average molecular weight is 284 g/mol. The highest BCUT2D eigenvalue weighted by Crippen LogP contribution is 2.28. The van der Waals surface area contributed by atoms with E-state index in [4.69, 9.17) is 5.73 Å². The van der Waals surface area contributed by atoms with Crippen LogP contribution < -0.4 is 5.73 Å². The van der Waals surface area contributed by atoms with Gasteiger partial charge in [0.25, 0.3) is 0 Å². The van der Waals surface area contributed by atoms with E-state index in [1.807, 2.05) is 0 Å². The van der Waals surface area contributed by atoms with Gasteiger partial charge in [-0.1, -0.05) is 60.3 Å². The van der Waals surface area contributed by atoms with Gasteiger partial charge < -0.3 is 5.73 Å². The third kappa shape index (κ3) is 3.91. The van der Waals surface area contributed by atoms with Crippen molar-refractivity contribution in [2.75, 3.05) is 0 Å². The van der Waals surface area contributed by atoms with Gasteiger partial charge in [-0.15, -0.1) is 0 Å². The number of rotatable bonds is 5. The van der Waals surface area contributed by atoms with Crippen LogP contribution in [0.25, 0.3) is 0 Å². The normalized spacial score (nSPS) is 14.8. The molecule has 1 rings (SSSR count). The van der Waals surface area contributed by atoms with E-state index in [1.54, 1.807) is 0 Å². The summed E-state index contributed by atoms with van der Waals surface area (Å²) in [6.07, 6.45) is 3.57. The van der Waals surface area contributed by atoms with Gasteiger partial charge in [-0.3, -0.25) is 0 Å². The lowest BCUT2D eigenvalue weighted by Crippen LogP contribution is -2.14. The third-order valence-electron chi connectivity index (χ3n) is 2.99. The molecule has 0 saturated heterocycles. The minimum atomic E-state index is 0.149. The summed E-state index contributed by atoms with van der Waals surface area (Å²) < 4.78 is 1.13. The van der Waals surface area contributed by atoms with Crippen molar-refractivity contribution >= 4 is 15.9 Å². The van der Waals surface area contributed by atoms with E-state index in [9.17, 15) is 0 Å². The molecule has 0 spiro atoms. The van der Waals surface area contributed by atoms with Gasteiger partial charge in [0.2, 0.25) is 0 Å². The molecule has 2 N–H and O–H groups in total. The molecule has 1 nitrogen and oxygen atoms in total. The zero-order valence-corrected chi connectivity index (χ0v) is 12.0. The highest BCUT2D eigenvalue weighted by Gasteiger charge is 2.13. The maximum absolute atomic E-state index is 6.27. The first-order valence-corrected chi connectivity index (χ1v) is 6.85. The first-order chi connectivity index (χ1) is 7.54. The molecule has 2 atom stereocenters. The zero-order chi connectivity index (χ0) is 12.1. The molecule has 1 aromatic carbocycles. The molecule has 2 heteroatoms. The van der Waals surface area contributed by atoms with Gasteiger partial charge in [0.15, 0.2) is 0 Å². The largest absolute Gasteiger partial charge is 0.324 e. The fraction of sp³-hybridized carbons (Fsp3) is 0.571. The predicted octanol–water partition coefficient (Wildman–Crippen LogP) is 4.58. The van der Waals surface area contributed by atoms with E-state index in [-0.39, 0.29) is 6.04 Å². The zero-order valence-electron chi connectivity index (χ0n) is 10.5. The fourth-order valence-electron chi connectivity index (χ4n) is 2.12. The second kappa shape index (κ2) is 6.41. The van der Waals surface area contributed by atoms with Gasteiger partial charge in [0, 0.05) is 10.5 Å². The molecule has 0 aromatic heterocycles. The van der Waals surface area contributed by atoms with Gasteiger partial charge in [-0.05, 0) is 30.9 Å². The standard InChI is InChI=1S/C14H22BrN/c1-4-5-10(2)9-14(16)12-8-11(3)6-7-13(12)15/h6-8,10,14H,4-5,9,16H2,1-3H3. The Labute approximate surface area is 108 Å². The molecule has 0 radical (unpaired) electrons. The van der Waals surface area contributed by atoms with E-state index in [2.05, 4.69) is 54.9 Å². The average Bonchev–Trinajstić information content (AvgIpc) is 2.21. The summed E-state index contributed by atoms with van der Waals surface area (Å²) in [5.41, 5.74) is 8.78. The Balaban J connectivity index is 2.72. The molecule has 0 fully saturated rings. The van der Waals surface area contributed by atoms with Crippen LogP contribution in [0, 0.1) is 12.8 Å². The Morgan fingerprint density at radius 1 is 1.38 bits per heavy atom. The fourth-order valence-corrected chi connectivity index (χ4v) is 2.66. The predicted molar refractivity (Wildman–Crippen MR) is 74.5 cm³/mol. The van der Waals surface area contributed by atoms with Crippen LogP contribution in [0.5, 0.6) is 0 Å².